The number of carbonyl (C=O) groups excluding carboxylic acids is 1. The van der Waals surface area contributed by atoms with E-state index in [1.807, 2.05) is 6.92 Å². The van der Waals surface area contributed by atoms with E-state index in [2.05, 4.69) is 5.32 Å². The number of anilines is 1. The fourth-order valence-corrected chi connectivity index (χ4v) is 1.12. The molecule has 4 N–H and O–H groups in total. The zero-order valence-corrected chi connectivity index (χ0v) is 9.15. The van der Waals surface area contributed by atoms with Crippen molar-refractivity contribution in [2.24, 2.45) is 0 Å². The van der Waals surface area contributed by atoms with Crippen LogP contribution in [0, 0.1) is 6.92 Å². The van der Waals surface area contributed by atoms with Gasteiger partial charge in [0.2, 0.25) is 0 Å². The molecular formula is C11H14N2O3. The average molecular weight is 222 g/mol. The molecular weight excluding hydrogens is 208 g/mol. The summed E-state index contributed by atoms with van der Waals surface area (Å²) >= 11 is 0. The monoisotopic (exact) mass is 222 g/mol. The SMILES string of the molecule is Cc1ccc(C(=O)N[C@@H](C)C(=O)O)cc1N. The van der Waals surface area contributed by atoms with Crippen molar-refractivity contribution in [3.8, 4) is 0 Å². The molecule has 0 aliphatic rings. The van der Waals surface area contributed by atoms with Gasteiger partial charge in [0, 0.05) is 11.3 Å². The maximum absolute atomic E-state index is 11.6. The van der Waals surface area contributed by atoms with Crippen LogP contribution in [-0.4, -0.2) is 23.0 Å². The van der Waals surface area contributed by atoms with E-state index in [9.17, 15) is 9.59 Å². The molecule has 0 saturated heterocycles. The van der Waals surface area contributed by atoms with Crippen molar-refractivity contribution in [2.45, 2.75) is 19.9 Å². The maximum Gasteiger partial charge on any atom is 0.325 e. The summed E-state index contributed by atoms with van der Waals surface area (Å²) in [6, 6.07) is 3.93. The number of hydrogen-bond acceptors (Lipinski definition) is 3. The lowest BCUT2D eigenvalue weighted by Gasteiger charge is -2.10. The zero-order valence-electron chi connectivity index (χ0n) is 9.15. The summed E-state index contributed by atoms with van der Waals surface area (Å²) in [6.45, 7) is 3.23. The van der Waals surface area contributed by atoms with Gasteiger partial charge in [-0.1, -0.05) is 6.07 Å². The first-order valence-electron chi connectivity index (χ1n) is 4.81. The van der Waals surface area contributed by atoms with Gasteiger partial charge < -0.3 is 16.2 Å². The number of nitrogens with one attached hydrogen (secondary N) is 1. The Morgan fingerprint density at radius 1 is 1.44 bits per heavy atom. The van der Waals surface area contributed by atoms with E-state index >= 15 is 0 Å². The Kier molecular flexibility index (Phi) is 3.50. The Balaban J connectivity index is 2.81. The molecule has 1 rings (SSSR count). The number of nitrogen functional groups attached to an aromatic ring is 1. The molecule has 1 aromatic carbocycles. The van der Waals surface area contributed by atoms with Gasteiger partial charge in [0.05, 0.1) is 0 Å². The second kappa shape index (κ2) is 4.65. The molecule has 86 valence electrons. The molecule has 16 heavy (non-hydrogen) atoms. The smallest absolute Gasteiger partial charge is 0.325 e. The van der Waals surface area contributed by atoms with Crippen molar-refractivity contribution in [2.75, 3.05) is 5.73 Å². The van der Waals surface area contributed by atoms with Gasteiger partial charge in [-0.25, -0.2) is 0 Å². The summed E-state index contributed by atoms with van der Waals surface area (Å²) in [5.74, 6) is -1.52. The van der Waals surface area contributed by atoms with Gasteiger partial charge in [0.25, 0.3) is 5.91 Å². The molecule has 0 heterocycles. The van der Waals surface area contributed by atoms with Crippen LogP contribution in [0.25, 0.3) is 0 Å². The largest absolute Gasteiger partial charge is 0.480 e. The quantitative estimate of drug-likeness (QED) is 0.659. The van der Waals surface area contributed by atoms with E-state index in [0.717, 1.165) is 5.56 Å². The fraction of sp³-hybridized carbons (Fsp3) is 0.273. The first-order valence-corrected chi connectivity index (χ1v) is 4.81. The van der Waals surface area contributed by atoms with Crippen LogP contribution in [0.2, 0.25) is 0 Å². The lowest BCUT2D eigenvalue weighted by Crippen LogP contribution is -2.38. The number of amides is 1. The predicted octanol–water partition coefficient (Wildman–Crippen LogP) is 0.780. The number of nitrogens with two attached hydrogens (primary N) is 1. The van der Waals surface area contributed by atoms with Crippen LogP contribution >= 0.6 is 0 Å². The molecule has 0 bridgehead atoms. The van der Waals surface area contributed by atoms with Gasteiger partial charge >= 0.3 is 5.97 Å². The van der Waals surface area contributed by atoms with Crippen LogP contribution in [0.5, 0.6) is 0 Å². The first kappa shape index (κ1) is 12.0. The van der Waals surface area contributed by atoms with Crippen molar-refractivity contribution in [1.82, 2.24) is 5.32 Å². The van der Waals surface area contributed by atoms with Crippen molar-refractivity contribution in [1.29, 1.82) is 0 Å². The minimum absolute atomic E-state index is 0.358. The van der Waals surface area contributed by atoms with Gasteiger partial charge in [0.1, 0.15) is 6.04 Å². The molecule has 0 aliphatic heterocycles. The van der Waals surface area contributed by atoms with E-state index in [-0.39, 0.29) is 0 Å². The summed E-state index contributed by atoms with van der Waals surface area (Å²) in [6.07, 6.45) is 0. The molecule has 0 radical (unpaired) electrons. The third kappa shape index (κ3) is 2.73. The number of rotatable bonds is 3. The second-order valence-corrected chi connectivity index (χ2v) is 3.60. The lowest BCUT2D eigenvalue weighted by atomic mass is 10.1. The van der Waals surface area contributed by atoms with Crippen LogP contribution in [0.15, 0.2) is 18.2 Å². The Morgan fingerprint density at radius 2 is 2.06 bits per heavy atom. The third-order valence-electron chi connectivity index (χ3n) is 2.26. The number of carbonyl (C=O) groups is 2. The highest BCUT2D eigenvalue weighted by Gasteiger charge is 2.15. The summed E-state index contributed by atoms with van der Waals surface area (Å²) in [5, 5.41) is 11.0. The Bertz CT molecular complexity index is 429. The molecule has 0 saturated carbocycles. The van der Waals surface area contributed by atoms with Crippen LogP contribution < -0.4 is 11.1 Å². The molecule has 1 amide bonds. The van der Waals surface area contributed by atoms with Gasteiger partial charge in [-0.2, -0.15) is 0 Å². The highest BCUT2D eigenvalue weighted by atomic mass is 16.4. The average Bonchev–Trinajstić information content (AvgIpc) is 2.21. The lowest BCUT2D eigenvalue weighted by molar-refractivity contribution is -0.138. The molecule has 1 aromatic rings. The summed E-state index contributed by atoms with van der Waals surface area (Å²) in [5.41, 5.74) is 7.40. The minimum atomic E-state index is -1.08. The van der Waals surface area contributed by atoms with Crippen LogP contribution in [-0.2, 0) is 4.79 Å². The Morgan fingerprint density at radius 3 is 2.56 bits per heavy atom. The molecule has 0 spiro atoms. The summed E-state index contributed by atoms with van der Waals surface area (Å²) in [4.78, 5) is 22.1. The van der Waals surface area contributed by atoms with Gasteiger partial charge in [-0.3, -0.25) is 9.59 Å². The highest BCUT2D eigenvalue weighted by Crippen LogP contribution is 2.12. The van der Waals surface area contributed by atoms with Gasteiger partial charge in [-0.05, 0) is 31.5 Å². The van der Waals surface area contributed by atoms with E-state index in [1.165, 1.54) is 13.0 Å². The van der Waals surface area contributed by atoms with E-state index < -0.39 is 17.9 Å². The van der Waals surface area contributed by atoms with Crippen molar-refractivity contribution in [3.63, 3.8) is 0 Å². The van der Waals surface area contributed by atoms with Gasteiger partial charge in [0.15, 0.2) is 0 Å². The van der Waals surface area contributed by atoms with Crippen molar-refractivity contribution >= 4 is 17.6 Å². The van der Waals surface area contributed by atoms with Crippen molar-refractivity contribution in [3.05, 3.63) is 29.3 Å². The first-order chi connectivity index (χ1) is 7.41. The fourth-order valence-electron chi connectivity index (χ4n) is 1.12. The number of carboxylic acids is 1. The number of aliphatic carboxylic acids is 1. The van der Waals surface area contributed by atoms with Crippen LogP contribution in [0.1, 0.15) is 22.8 Å². The molecule has 0 unspecified atom stereocenters. The van der Waals surface area contributed by atoms with Crippen molar-refractivity contribution < 1.29 is 14.7 Å². The van der Waals surface area contributed by atoms with E-state index in [0.29, 0.717) is 11.3 Å². The summed E-state index contributed by atoms with van der Waals surface area (Å²) < 4.78 is 0. The topological polar surface area (TPSA) is 92.4 Å². The van der Waals surface area contributed by atoms with E-state index in [4.69, 9.17) is 10.8 Å². The molecule has 0 aliphatic carbocycles. The molecule has 0 fully saturated rings. The number of benzene rings is 1. The number of aryl methyl sites for hydroxylation is 1. The molecule has 0 aromatic heterocycles. The standard InChI is InChI=1S/C11H14N2O3/c1-6-3-4-8(5-9(6)12)10(14)13-7(2)11(15)16/h3-5,7H,12H2,1-2H3,(H,13,14)(H,15,16)/t7-/m0/s1. The molecule has 1 atom stereocenters. The number of carboxylic acid groups (broad SMARTS) is 1. The maximum atomic E-state index is 11.6. The molecule has 5 nitrogen and oxygen atoms in total. The van der Waals surface area contributed by atoms with Crippen LogP contribution in [0.4, 0.5) is 5.69 Å². The summed E-state index contributed by atoms with van der Waals surface area (Å²) in [7, 11) is 0. The Hall–Kier alpha value is -2.04. The predicted molar refractivity (Wildman–Crippen MR) is 60.2 cm³/mol. The second-order valence-electron chi connectivity index (χ2n) is 3.60. The Labute approximate surface area is 93.3 Å². The third-order valence-corrected chi connectivity index (χ3v) is 2.26. The number of hydrogen-bond donors (Lipinski definition) is 3. The molecule has 5 heteroatoms. The minimum Gasteiger partial charge on any atom is -0.480 e. The van der Waals surface area contributed by atoms with Gasteiger partial charge in [-0.15, -0.1) is 0 Å². The zero-order chi connectivity index (χ0) is 12.3. The normalized spacial score (nSPS) is 11.9. The van der Waals surface area contributed by atoms with Crippen LogP contribution in [0.3, 0.4) is 0 Å². The van der Waals surface area contributed by atoms with E-state index in [1.54, 1.807) is 12.1 Å². The highest BCUT2D eigenvalue weighted by molar-refractivity contribution is 5.97.